The number of sulfonamides is 1. The van der Waals surface area contributed by atoms with Gasteiger partial charge in [0.15, 0.2) is 10.9 Å². The summed E-state index contributed by atoms with van der Waals surface area (Å²) >= 11 is 7.56. The second kappa shape index (κ2) is 6.80. The van der Waals surface area contributed by atoms with E-state index in [0.29, 0.717) is 16.5 Å². The number of hydrogen-bond acceptors (Lipinski definition) is 6. The monoisotopic (exact) mass is 415 g/mol. The molecule has 0 saturated carbocycles. The fourth-order valence-corrected chi connectivity index (χ4v) is 5.47. The van der Waals surface area contributed by atoms with Gasteiger partial charge in [0, 0.05) is 32.8 Å². The molecule has 0 spiro atoms. The van der Waals surface area contributed by atoms with Gasteiger partial charge in [0.1, 0.15) is 4.90 Å². The van der Waals surface area contributed by atoms with Crippen LogP contribution in [0, 0.1) is 0 Å². The zero-order chi connectivity index (χ0) is 19.1. The molecule has 2 aromatic rings. The van der Waals surface area contributed by atoms with E-state index in [1.165, 1.54) is 43.3 Å². The Morgan fingerprint density at radius 1 is 1.42 bits per heavy atom. The Balaban J connectivity index is 2.07. The Morgan fingerprint density at radius 2 is 2.15 bits per heavy atom. The van der Waals surface area contributed by atoms with E-state index in [9.17, 15) is 13.5 Å². The summed E-state index contributed by atoms with van der Waals surface area (Å²) in [6.45, 7) is 0. The summed E-state index contributed by atoms with van der Waals surface area (Å²) in [6, 6.07) is 7.61. The van der Waals surface area contributed by atoms with E-state index in [-0.39, 0.29) is 15.8 Å². The zero-order valence-corrected chi connectivity index (χ0v) is 16.8. The van der Waals surface area contributed by atoms with Crippen LogP contribution in [0.3, 0.4) is 0 Å². The first-order valence-electron chi connectivity index (χ1n) is 7.60. The lowest BCUT2D eigenvalue weighted by atomic mass is 10.0. The second-order valence-electron chi connectivity index (χ2n) is 5.74. The fraction of sp³-hybridized carbons (Fsp3) is 0.312. The Bertz CT molecular complexity index is 946. The number of rotatable bonds is 4. The summed E-state index contributed by atoms with van der Waals surface area (Å²) < 4.78 is 32.1. The smallest absolute Gasteiger partial charge is 0.267 e. The van der Waals surface area contributed by atoms with Crippen molar-refractivity contribution in [2.45, 2.75) is 10.6 Å². The lowest BCUT2D eigenvalue weighted by Crippen LogP contribution is -2.42. The summed E-state index contributed by atoms with van der Waals surface area (Å²) in [6.07, 6.45) is 1.39. The Kier molecular flexibility index (Phi) is 5.00. The van der Waals surface area contributed by atoms with Crippen molar-refractivity contribution in [3.63, 3.8) is 0 Å². The van der Waals surface area contributed by atoms with Crippen molar-refractivity contribution in [2.75, 3.05) is 31.2 Å². The Morgan fingerprint density at radius 3 is 2.73 bits per heavy atom. The number of aliphatic hydroxyl groups is 1. The lowest BCUT2D eigenvalue weighted by Gasteiger charge is -2.31. The summed E-state index contributed by atoms with van der Waals surface area (Å²) in [5.41, 5.74) is -0.959. The van der Waals surface area contributed by atoms with Crippen molar-refractivity contribution in [1.82, 2.24) is 4.90 Å². The molecule has 1 aliphatic rings. The third kappa shape index (κ3) is 2.98. The molecule has 0 bridgehead atoms. The van der Waals surface area contributed by atoms with Gasteiger partial charge in [0.2, 0.25) is 5.88 Å². The molecule has 3 rings (SSSR count). The largest absolute Gasteiger partial charge is 0.448 e. The van der Waals surface area contributed by atoms with Gasteiger partial charge in [-0.25, -0.2) is 12.7 Å². The molecule has 0 amide bonds. The topological polar surface area (TPSA) is 86.3 Å². The summed E-state index contributed by atoms with van der Waals surface area (Å²) in [5, 5.41) is 11.8. The number of nitrogens with zero attached hydrogens (tertiary/aromatic N) is 3. The lowest BCUT2D eigenvalue weighted by molar-refractivity contribution is -0.0349. The van der Waals surface area contributed by atoms with Gasteiger partial charge in [-0.2, -0.15) is 0 Å². The highest BCUT2D eigenvalue weighted by Crippen LogP contribution is 2.40. The minimum absolute atomic E-state index is 0.0634. The number of amidine groups is 1. The molecule has 1 unspecified atom stereocenters. The minimum Gasteiger partial charge on any atom is -0.448 e. The van der Waals surface area contributed by atoms with E-state index in [1.54, 1.807) is 31.1 Å². The third-order valence-electron chi connectivity index (χ3n) is 4.28. The van der Waals surface area contributed by atoms with E-state index < -0.39 is 15.7 Å². The highest BCUT2D eigenvalue weighted by molar-refractivity contribution is 8.14. The molecule has 26 heavy (non-hydrogen) atoms. The molecule has 7 nitrogen and oxygen atoms in total. The SMILES string of the molecule is CN=C1SCC(O)(c2ccc(Cl)c(S(=O)(=O)N(C)c3ccco3)c2)N1C. The number of anilines is 1. The molecular formula is C16H18ClN3O4S2. The van der Waals surface area contributed by atoms with Crippen LogP contribution in [0.1, 0.15) is 5.56 Å². The first-order chi connectivity index (χ1) is 12.2. The minimum atomic E-state index is -3.97. The molecule has 1 atom stereocenters. The van der Waals surface area contributed by atoms with Crippen LogP contribution in [0.2, 0.25) is 5.02 Å². The number of halogens is 1. The van der Waals surface area contributed by atoms with E-state index >= 15 is 0 Å². The van der Waals surface area contributed by atoms with E-state index in [2.05, 4.69) is 4.99 Å². The highest BCUT2D eigenvalue weighted by atomic mass is 35.5. The molecule has 140 valence electrons. The zero-order valence-electron chi connectivity index (χ0n) is 14.4. The van der Waals surface area contributed by atoms with Crippen molar-refractivity contribution in [3.05, 3.63) is 47.2 Å². The van der Waals surface area contributed by atoms with Crippen molar-refractivity contribution in [1.29, 1.82) is 0 Å². The van der Waals surface area contributed by atoms with Gasteiger partial charge in [-0.15, -0.1) is 0 Å². The van der Waals surface area contributed by atoms with Crippen LogP contribution in [-0.2, 0) is 15.7 Å². The van der Waals surface area contributed by atoms with Crippen LogP contribution in [-0.4, -0.2) is 50.5 Å². The van der Waals surface area contributed by atoms with Crippen LogP contribution in [0.4, 0.5) is 5.88 Å². The number of aliphatic imine (C=N–C) groups is 1. The molecule has 2 heterocycles. The van der Waals surface area contributed by atoms with Crippen molar-refractivity contribution in [2.24, 2.45) is 4.99 Å². The maximum absolute atomic E-state index is 13.0. The highest BCUT2D eigenvalue weighted by Gasteiger charge is 2.43. The second-order valence-corrected chi connectivity index (χ2v) is 9.03. The molecule has 1 aliphatic heterocycles. The average Bonchev–Trinajstić information content (AvgIpc) is 3.24. The molecule has 1 N–H and O–H groups in total. The molecule has 0 radical (unpaired) electrons. The van der Waals surface area contributed by atoms with Gasteiger partial charge in [-0.05, 0) is 18.2 Å². The molecule has 1 aromatic heterocycles. The Hall–Kier alpha value is -1.68. The van der Waals surface area contributed by atoms with Crippen molar-refractivity contribution in [3.8, 4) is 0 Å². The number of benzene rings is 1. The standard InChI is InChI=1S/C16H18ClN3O4S2/c1-18-15-19(2)16(21,10-25-15)11-6-7-12(17)13(9-11)26(22,23)20(3)14-5-4-8-24-14/h4-9,21H,10H2,1-3H3. The van der Waals surface area contributed by atoms with E-state index in [0.717, 1.165) is 4.31 Å². The Labute approximate surface area is 161 Å². The van der Waals surface area contributed by atoms with E-state index in [4.69, 9.17) is 16.0 Å². The summed E-state index contributed by atoms with van der Waals surface area (Å²) in [4.78, 5) is 5.63. The quantitative estimate of drug-likeness (QED) is 0.825. The van der Waals surface area contributed by atoms with Gasteiger partial charge in [0.25, 0.3) is 10.0 Å². The van der Waals surface area contributed by atoms with Crippen LogP contribution in [0.5, 0.6) is 0 Å². The van der Waals surface area contributed by atoms with Crippen molar-refractivity contribution >= 4 is 44.4 Å². The first kappa shape index (κ1) is 19.1. The van der Waals surface area contributed by atoms with Crippen LogP contribution in [0.15, 0.2) is 50.9 Å². The molecule has 1 saturated heterocycles. The normalized spacial score (nSPS) is 22.2. The number of hydrogen-bond donors (Lipinski definition) is 1. The first-order valence-corrected chi connectivity index (χ1v) is 10.4. The predicted molar refractivity (Wildman–Crippen MR) is 103 cm³/mol. The van der Waals surface area contributed by atoms with Crippen molar-refractivity contribution < 1.29 is 17.9 Å². The van der Waals surface area contributed by atoms with Gasteiger partial charge >= 0.3 is 0 Å². The number of furan rings is 1. The maximum atomic E-state index is 13.0. The average molecular weight is 416 g/mol. The van der Waals surface area contributed by atoms with Crippen LogP contribution >= 0.6 is 23.4 Å². The van der Waals surface area contributed by atoms with Gasteiger partial charge < -0.3 is 14.4 Å². The molecule has 1 aromatic carbocycles. The van der Waals surface area contributed by atoms with Crippen LogP contribution < -0.4 is 4.31 Å². The molecule has 1 fully saturated rings. The van der Waals surface area contributed by atoms with E-state index in [1.807, 2.05) is 0 Å². The van der Waals surface area contributed by atoms with Gasteiger partial charge in [-0.1, -0.05) is 29.4 Å². The summed E-state index contributed by atoms with van der Waals surface area (Å²) in [5.74, 6) is 0.491. The fourth-order valence-electron chi connectivity index (χ4n) is 2.67. The molecular weight excluding hydrogens is 398 g/mol. The maximum Gasteiger partial charge on any atom is 0.267 e. The van der Waals surface area contributed by atoms with Gasteiger partial charge in [-0.3, -0.25) is 4.99 Å². The molecule has 10 heteroatoms. The van der Waals surface area contributed by atoms with Gasteiger partial charge in [0.05, 0.1) is 17.0 Å². The number of thioether (sulfide) groups is 1. The van der Waals surface area contributed by atoms with Crippen LogP contribution in [0.25, 0.3) is 0 Å². The molecule has 0 aliphatic carbocycles. The third-order valence-corrected chi connectivity index (χ3v) is 7.78. The summed E-state index contributed by atoms with van der Waals surface area (Å²) in [7, 11) is 0.761. The predicted octanol–water partition coefficient (Wildman–Crippen LogP) is 2.57.